The SMILES string of the molecule is C=C(C)CN(CC)c1cc(F)cc(C=O)c1. The Morgan fingerprint density at radius 1 is 1.50 bits per heavy atom. The first-order valence-electron chi connectivity index (χ1n) is 5.22. The summed E-state index contributed by atoms with van der Waals surface area (Å²) in [6.07, 6.45) is 0.654. The van der Waals surface area contributed by atoms with Crippen LogP contribution in [0.25, 0.3) is 0 Å². The van der Waals surface area contributed by atoms with E-state index in [0.29, 0.717) is 24.1 Å². The van der Waals surface area contributed by atoms with Crippen molar-refractivity contribution in [3.05, 3.63) is 41.7 Å². The average molecular weight is 221 g/mol. The maximum Gasteiger partial charge on any atom is 0.150 e. The molecule has 2 nitrogen and oxygen atoms in total. The topological polar surface area (TPSA) is 20.3 Å². The van der Waals surface area contributed by atoms with Gasteiger partial charge in [-0.05, 0) is 32.0 Å². The summed E-state index contributed by atoms with van der Waals surface area (Å²) in [6, 6.07) is 4.34. The van der Waals surface area contributed by atoms with Gasteiger partial charge in [0.15, 0.2) is 0 Å². The number of hydrogen-bond donors (Lipinski definition) is 0. The molecule has 0 aliphatic carbocycles. The summed E-state index contributed by atoms with van der Waals surface area (Å²) in [7, 11) is 0. The lowest BCUT2D eigenvalue weighted by atomic mass is 10.2. The molecular weight excluding hydrogens is 205 g/mol. The molecular formula is C13H16FNO. The largest absolute Gasteiger partial charge is 0.368 e. The molecule has 0 N–H and O–H groups in total. The standard InChI is InChI=1S/C13H16FNO/c1-4-15(8-10(2)3)13-6-11(9-16)5-12(14)7-13/h5-7,9H,2,4,8H2,1,3H3. The van der Waals surface area contributed by atoms with Crippen LogP contribution in [0.3, 0.4) is 0 Å². The van der Waals surface area contributed by atoms with Crippen LogP contribution in [0.1, 0.15) is 24.2 Å². The van der Waals surface area contributed by atoms with Gasteiger partial charge in [-0.2, -0.15) is 0 Å². The third-order valence-corrected chi connectivity index (χ3v) is 2.25. The summed E-state index contributed by atoms with van der Waals surface area (Å²) < 4.78 is 13.2. The summed E-state index contributed by atoms with van der Waals surface area (Å²) in [5.41, 5.74) is 2.07. The molecule has 0 atom stereocenters. The number of likely N-dealkylation sites (N-methyl/N-ethyl adjacent to an activating group) is 1. The first-order valence-corrected chi connectivity index (χ1v) is 5.22. The molecule has 0 saturated carbocycles. The number of hydrogen-bond acceptors (Lipinski definition) is 2. The quantitative estimate of drug-likeness (QED) is 0.562. The number of benzene rings is 1. The molecule has 0 aliphatic heterocycles. The fourth-order valence-corrected chi connectivity index (χ4v) is 1.56. The Morgan fingerprint density at radius 3 is 2.69 bits per heavy atom. The van der Waals surface area contributed by atoms with Crippen LogP contribution < -0.4 is 4.90 Å². The molecule has 0 radical (unpaired) electrons. The molecule has 0 fully saturated rings. The molecule has 0 heterocycles. The maximum atomic E-state index is 13.2. The van der Waals surface area contributed by atoms with Crippen LogP contribution in [0.15, 0.2) is 30.4 Å². The molecule has 0 saturated heterocycles. The normalized spacial score (nSPS) is 9.94. The van der Waals surface area contributed by atoms with Crippen LogP contribution in [0.4, 0.5) is 10.1 Å². The van der Waals surface area contributed by atoms with Gasteiger partial charge in [0.25, 0.3) is 0 Å². The Morgan fingerprint density at radius 2 is 2.19 bits per heavy atom. The summed E-state index contributed by atoms with van der Waals surface area (Å²) in [6.45, 7) is 9.14. The highest BCUT2D eigenvalue weighted by Gasteiger charge is 2.07. The van der Waals surface area contributed by atoms with Gasteiger partial charge in [0.2, 0.25) is 0 Å². The van der Waals surface area contributed by atoms with Crippen LogP contribution in [-0.2, 0) is 0 Å². The van der Waals surface area contributed by atoms with E-state index in [1.807, 2.05) is 18.7 Å². The van der Waals surface area contributed by atoms with E-state index in [2.05, 4.69) is 6.58 Å². The Hall–Kier alpha value is -1.64. The average Bonchev–Trinajstić information content (AvgIpc) is 2.24. The van der Waals surface area contributed by atoms with Gasteiger partial charge in [-0.3, -0.25) is 4.79 Å². The van der Waals surface area contributed by atoms with E-state index in [1.165, 1.54) is 12.1 Å². The second-order valence-electron chi connectivity index (χ2n) is 3.83. The molecule has 1 aromatic rings. The zero-order valence-corrected chi connectivity index (χ0v) is 9.66. The number of rotatable bonds is 5. The van der Waals surface area contributed by atoms with Gasteiger partial charge in [0.05, 0.1) is 0 Å². The van der Waals surface area contributed by atoms with Crippen molar-refractivity contribution in [3.63, 3.8) is 0 Å². The van der Waals surface area contributed by atoms with Gasteiger partial charge < -0.3 is 4.90 Å². The lowest BCUT2D eigenvalue weighted by Crippen LogP contribution is -2.24. The third kappa shape index (κ3) is 3.19. The van der Waals surface area contributed by atoms with E-state index in [1.54, 1.807) is 6.07 Å². The molecule has 0 bridgehead atoms. The van der Waals surface area contributed by atoms with Crippen LogP contribution in [0.5, 0.6) is 0 Å². The molecule has 0 aliphatic rings. The monoisotopic (exact) mass is 221 g/mol. The van der Waals surface area contributed by atoms with Crippen molar-refractivity contribution in [2.45, 2.75) is 13.8 Å². The Bertz CT molecular complexity index is 401. The van der Waals surface area contributed by atoms with E-state index in [4.69, 9.17) is 0 Å². The molecule has 0 aromatic heterocycles. The van der Waals surface area contributed by atoms with Crippen molar-refractivity contribution >= 4 is 12.0 Å². The lowest BCUT2D eigenvalue weighted by Gasteiger charge is -2.23. The molecule has 1 aromatic carbocycles. The summed E-state index contributed by atoms with van der Waals surface area (Å²) in [4.78, 5) is 12.6. The van der Waals surface area contributed by atoms with Gasteiger partial charge in [0.1, 0.15) is 12.1 Å². The van der Waals surface area contributed by atoms with Gasteiger partial charge in [-0.1, -0.05) is 12.2 Å². The Balaban J connectivity index is 3.04. The second kappa shape index (κ2) is 5.45. The van der Waals surface area contributed by atoms with Crippen molar-refractivity contribution in [2.24, 2.45) is 0 Å². The fraction of sp³-hybridized carbons (Fsp3) is 0.308. The van der Waals surface area contributed by atoms with Gasteiger partial charge in [-0.15, -0.1) is 0 Å². The minimum absolute atomic E-state index is 0.357. The molecule has 0 spiro atoms. The first kappa shape index (κ1) is 12.4. The smallest absolute Gasteiger partial charge is 0.150 e. The number of anilines is 1. The zero-order chi connectivity index (χ0) is 12.1. The van der Waals surface area contributed by atoms with Gasteiger partial charge in [-0.25, -0.2) is 4.39 Å². The van der Waals surface area contributed by atoms with Crippen LogP contribution in [0.2, 0.25) is 0 Å². The lowest BCUT2D eigenvalue weighted by molar-refractivity contribution is 0.112. The minimum atomic E-state index is -0.389. The van der Waals surface area contributed by atoms with Crippen LogP contribution in [0, 0.1) is 5.82 Å². The molecule has 0 amide bonds. The van der Waals surface area contributed by atoms with Gasteiger partial charge >= 0.3 is 0 Å². The van der Waals surface area contributed by atoms with Crippen molar-refractivity contribution in [1.29, 1.82) is 0 Å². The number of halogens is 1. The number of aldehydes is 1. The number of carbonyl (C=O) groups is 1. The predicted molar refractivity (Wildman–Crippen MR) is 64.5 cm³/mol. The molecule has 3 heteroatoms. The van der Waals surface area contributed by atoms with Crippen molar-refractivity contribution < 1.29 is 9.18 Å². The van der Waals surface area contributed by atoms with E-state index in [0.717, 1.165) is 12.1 Å². The zero-order valence-electron chi connectivity index (χ0n) is 9.66. The number of carbonyl (C=O) groups excluding carboxylic acids is 1. The summed E-state index contributed by atoms with van der Waals surface area (Å²) in [5, 5.41) is 0. The first-order chi connectivity index (χ1) is 7.56. The molecule has 16 heavy (non-hydrogen) atoms. The van der Waals surface area contributed by atoms with Crippen LogP contribution >= 0.6 is 0 Å². The minimum Gasteiger partial charge on any atom is -0.368 e. The summed E-state index contributed by atoms with van der Waals surface area (Å²) >= 11 is 0. The Labute approximate surface area is 95.4 Å². The Kier molecular flexibility index (Phi) is 4.23. The van der Waals surface area contributed by atoms with E-state index in [9.17, 15) is 9.18 Å². The predicted octanol–water partition coefficient (Wildman–Crippen LogP) is 3.04. The third-order valence-electron chi connectivity index (χ3n) is 2.25. The molecule has 86 valence electrons. The summed E-state index contributed by atoms with van der Waals surface area (Å²) in [5.74, 6) is -0.389. The fourth-order valence-electron chi connectivity index (χ4n) is 1.56. The second-order valence-corrected chi connectivity index (χ2v) is 3.83. The molecule has 0 unspecified atom stereocenters. The maximum absolute atomic E-state index is 13.2. The molecule has 1 rings (SSSR count). The van der Waals surface area contributed by atoms with Crippen LogP contribution in [-0.4, -0.2) is 19.4 Å². The highest BCUT2D eigenvalue weighted by Crippen LogP contribution is 2.18. The van der Waals surface area contributed by atoms with Gasteiger partial charge in [0, 0.05) is 24.3 Å². The highest BCUT2D eigenvalue weighted by molar-refractivity contribution is 5.77. The number of nitrogens with zero attached hydrogens (tertiary/aromatic N) is 1. The van der Waals surface area contributed by atoms with E-state index in [-0.39, 0.29) is 5.82 Å². The van der Waals surface area contributed by atoms with Crippen molar-refractivity contribution in [1.82, 2.24) is 0 Å². The van der Waals surface area contributed by atoms with Crippen molar-refractivity contribution in [2.75, 3.05) is 18.0 Å². The van der Waals surface area contributed by atoms with E-state index < -0.39 is 0 Å². The van der Waals surface area contributed by atoms with E-state index >= 15 is 0 Å². The highest BCUT2D eigenvalue weighted by atomic mass is 19.1. The van der Waals surface area contributed by atoms with Crippen molar-refractivity contribution in [3.8, 4) is 0 Å².